The van der Waals surface area contributed by atoms with Crippen LogP contribution in [0.3, 0.4) is 0 Å². The second-order valence-corrected chi connectivity index (χ2v) is 4.62. The van der Waals surface area contributed by atoms with Crippen molar-refractivity contribution in [3.8, 4) is 0 Å². The molecule has 19 heavy (non-hydrogen) atoms. The number of nitrogen functional groups attached to an aromatic ring is 1. The zero-order chi connectivity index (χ0) is 14.2. The van der Waals surface area contributed by atoms with Crippen LogP contribution in [-0.2, 0) is 23.1 Å². The number of imidazole rings is 1. The van der Waals surface area contributed by atoms with Crippen molar-refractivity contribution in [3.63, 3.8) is 0 Å². The van der Waals surface area contributed by atoms with Gasteiger partial charge in [-0.3, -0.25) is 13.9 Å². The van der Waals surface area contributed by atoms with Gasteiger partial charge in [0.2, 0.25) is 0 Å². The number of hydrogen-bond acceptors (Lipinski definition) is 4. The molecule has 1 unspecified atom stereocenters. The van der Waals surface area contributed by atoms with Crippen LogP contribution in [0.4, 0.5) is 5.69 Å². The van der Waals surface area contributed by atoms with Gasteiger partial charge >= 0.3 is 11.7 Å². The van der Waals surface area contributed by atoms with Crippen molar-refractivity contribution in [2.75, 3.05) is 12.8 Å². The topological polar surface area (TPSA) is 79.2 Å². The number of fused-ring (bicyclic) bond motifs is 1. The zero-order valence-electron chi connectivity index (χ0n) is 11.2. The fourth-order valence-corrected chi connectivity index (χ4v) is 2.15. The fourth-order valence-electron chi connectivity index (χ4n) is 2.15. The summed E-state index contributed by atoms with van der Waals surface area (Å²) in [6.45, 7) is 2.00. The van der Waals surface area contributed by atoms with Gasteiger partial charge in [0.25, 0.3) is 0 Å². The summed E-state index contributed by atoms with van der Waals surface area (Å²) in [5.74, 6) is -0.734. The summed E-state index contributed by atoms with van der Waals surface area (Å²) >= 11 is 0. The van der Waals surface area contributed by atoms with Crippen LogP contribution >= 0.6 is 0 Å². The van der Waals surface area contributed by atoms with Crippen molar-refractivity contribution >= 4 is 22.7 Å². The first-order chi connectivity index (χ1) is 8.95. The summed E-state index contributed by atoms with van der Waals surface area (Å²) < 4.78 is 7.77. The molecule has 6 heteroatoms. The van der Waals surface area contributed by atoms with E-state index in [1.807, 2.05) is 0 Å². The SMILES string of the molecule is COC(=O)C(C)Cn1c(=O)n(C)c2ccc(N)cc21. The summed E-state index contributed by atoms with van der Waals surface area (Å²) in [5, 5.41) is 0. The minimum absolute atomic E-state index is 0.170. The molecule has 1 aromatic heterocycles. The lowest BCUT2D eigenvalue weighted by atomic mass is 10.2. The van der Waals surface area contributed by atoms with E-state index in [4.69, 9.17) is 5.73 Å². The number of hydrogen-bond donors (Lipinski definition) is 1. The number of nitrogens with two attached hydrogens (primary N) is 1. The lowest BCUT2D eigenvalue weighted by molar-refractivity contribution is -0.145. The van der Waals surface area contributed by atoms with Crippen LogP contribution in [0.1, 0.15) is 6.92 Å². The number of ether oxygens (including phenoxy) is 1. The average molecular weight is 263 g/mol. The molecule has 6 nitrogen and oxygen atoms in total. The minimum atomic E-state index is -0.394. The molecule has 102 valence electrons. The molecule has 0 radical (unpaired) electrons. The number of aromatic nitrogens is 2. The maximum atomic E-state index is 12.2. The lowest BCUT2D eigenvalue weighted by Gasteiger charge is -2.10. The first-order valence-electron chi connectivity index (χ1n) is 5.98. The Morgan fingerprint density at radius 1 is 1.42 bits per heavy atom. The lowest BCUT2D eigenvalue weighted by Crippen LogP contribution is -2.27. The molecular formula is C13H17N3O3. The Morgan fingerprint density at radius 3 is 2.74 bits per heavy atom. The van der Waals surface area contributed by atoms with Gasteiger partial charge in [0.1, 0.15) is 0 Å². The van der Waals surface area contributed by atoms with Gasteiger partial charge in [0, 0.05) is 19.3 Å². The number of carbonyl (C=O) groups excluding carboxylic acids is 1. The van der Waals surface area contributed by atoms with Crippen molar-refractivity contribution in [1.29, 1.82) is 0 Å². The monoisotopic (exact) mass is 263 g/mol. The Morgan fingerprint density at radius 2 is 2.11 bits per heavy atom. The third kappa shape index (κ3) is 2.21. The summed E-state index contributed by atoms with van der Waals surface area (Å²) in [5.41, 5.74) is 7.68. The molecule has 0 aliphatic rings. The molecule has 2 rings (SSSR count). The second-order valence-electron chi connectivity index (χ2n) is 4.62. The highest BCUT2D eigenvalue weighted by atomic mass is 16.5. The third-order valence-corrected chi connectivity index (χ3v) is 3.23. The van der Waals surface area contributed by atoms with E-state index in [0.717, 1.165) is 11.0 Å². The highest BCUT2D eigenvalue weighted by molar-refractivity contribution is 5.80. The van der Waals surface area contributed by atoms with Gasteiger partial charge in [-0.2, -0.15) is 0 Å². The average Bonchev–Trinajstić information content (AvgIpc) is 2.62. The molecule has 0 spiro atoms. The predicted octanol–water partition coefficient (Wildman–Crippen LogP) is 0.731. The van der Waals surface area contributed by atoms with Crippen LogP contribution in [0, 0.1) is 5.92 Å². The molecule has 0 saturated heterocycles. The third-order valence-electron chi connectivity index (χ3n) is 3.23. The van der Waals surface area contributed by atoms with Crippen LogP contribution in [0.5, 0.6) is 0 Å². The van der Waals surface area contributed by atoms with E-state index >= 15 is 0 Å². The molecule has 0 fully saturated rings. The molecule has 2 N–H and O–H groups in total. The highest BCUT2D eigenvalue weighted by Crippen LogP contribution is 2.17. The van der Waals surface area contributed by atoms with Crippen LogP contribution in [0.25, 0.3) is 11.0 Å². The van der Waals surface area contributed by atoms with Crippen molar-refractivity contribution in [2.24, 2.45) is 13.0 Å². The molecule has 0 saturated carbocycles. The normalized spacial score (nSPS) is 12.6. The van der Waals surface area contributed by atoms with E-state index in [1.54, 1.807) is 41.3 Å². The van der Waals surface area contributed by atoms with E-state index in [2.05, 4.69) is 4.74 Å². The van der Waals surface area contributed by atoms with Crippen LogP contribution in [0.2, 0.25) is 0 Å². The van der Waals surface area contributed by atoms with Gasteiger partial charge in [0.15, 0.2) is 0 Å². The van der Waals surface area contributed by atoms with Gasteiger partial charge in [-0.1, -0.05) is 6.92 Å². The molecule has 1 atom stereocenters. The van der Waals surface area contributed by atoms with Crippen molar-refractivity contribution in [2.45, 2.75) is 13.5 Å². The number of aryl methyl sites for hydroxylation is 1. The molecular weight excluding hydrogens is 246 g/mol. The predicted molar refractivity (Wildman–Crippen MR) is 72.8 cm³/mol. The highest BCUT2D eigenvalue weighted by Gasteiger charge is 2.18. The molecule has 0 bridgehead atoms. The standard InChI is InChI=1S/C13H17N3O3/c1-8(12(17)19-3)7-16-11-6-9(14)4-5-10(11)15(2)13(16)18/h4-6,8H,7,14H2,1-3H3. The minimum Gasteiger partial charge on any atom is -0.469 e. The van der Waals surface area contributed by atoms with Crippen molar-refractivity contribution in [1.82, 2.24) is 9.13 Å². The molecule has 1 aromatic carbocycles. The number of rotatable bonds is 3. The van der Waals surface area contributed by atoms with Crippen molar-refractivity contribution < 1.29 is 9.53 Å². The van der Waals surface area contributed by atoms with Crippen molar-refractivity contribution in [3.05, 3.63) is 28.7 Å². The molecule has 0 aliphatic heterocycles. The number of carbonyl (C=O) groups is 1. The van der Waals surface area contributed by atoms with Crippen LogP contribution < -0.4 is 11.4 Å². The number of anilines is 1. The Bertz CT molecular complexity index is 684. The second kappa shape index (κ2) is 4.79. The smallest absolute Gasteiger partial charge is 0.328 e. The fraction of sp³-hybridized carbons (Fsp3) is 0.385. The molecule has 1 heterocycles. The van der Waals surface area contributed by atoms with Crippen LogP contribution in [-0.4, -0.2) is 22.2 Å². The molecule has 0 amide bonds. The van der Waals surface area contributed by atoms with E-state index < -0.39 is 5.92 Å². The van der Waals surface area contributed by atoms with Gasteiger partial charge in [0.05, 0.1) is 24.1 Å². The Hall–Kier alpha value is -2.24. The van der Waals surface area contributed by atoms with Gasteiger partial charge in [-0.25, -0.2) is 4.79 Å². The maximum Gasteiger partial charge on any atom is 0.328 e. The number of methoxy groups -OCH3 is 1. The molecule has 2 aromatic rings. The maximum absolute atomic E-state index is 12.2. The van der Waals surface area contributed by atoms with E-state index in [0.29, 0.717) is 5.69 Å². The first-order valence-corrected chi connectivity index (χ1v) is 5.98. The van der Waals surface area contributed by atoms with Crippen LogP contribution in [0.15, 0.2) is 23.0 Å². The van der Waals surface area contributed by atoms with Gasteiger partial charge in [-0.15, -0.1) is 0 Å². The summed E-state index contributed by atoms with van der Waals surface area (Å²) in [7, 11) is 3.03. The number of nitrogens with zero attached hydrogens (tertiary/aromatic N) is 2. The Labute approximate surface area is 110 Å². The quantitative estimate of drug-likeness (QED) is 0.654. The van der Waals surface area contributed by atoms with E-state index in [-0.39, 0.29) is 18.2 Å². The zero-order valence-corrected chi connectivity index (χ0v) is 11.2. The Balaban J connectivity index is 2.54. The Kier molecular flexibility index (Phi) is 3.33. The largest absolute Gasteiger partial charge is 0.469 e. The number of esters is 1. The number of benzene rings is 1. The van der Waals surface area contributed by atoms with Gasteiger partial charge in [-0.05, 0) is 18.2 Å². The molecule has 0 aliphatic carbocycles. The van der Waals surface area contributed by atoms with E-state index in [9.17, 15) is 9.59 Å². The first kappa shape index (κ1) is 13.2. The summed E-state index contributed by atoms with van der Waals surface area (Å²) in [6, 6.07) is 5.28. The summed E-state index contributed by atoms with van der Waals surface area (Å²) in [6.07, 6.45) is 0. The summed E-state index contributed by atoms with van der Waals surface area (Å²) in [4.78, 5) is 23.6. The van der Waals surface area contributed by atoms with E-state index in [1.165, 1.54) is 7.11 Å². The van der Waals surface area contributed by atoms with Gasteiger partial charge < -0.3 is 10.5 Å².